The van der Waals surface area contributed by atoms with Gasteiger partial charge >= 0.3 is 5.97 Å². The number of hydrogen-bond acceptors (Lipinski definition) is 4. The van der Waals surface area contributed by atoms with Gasteiger partial charge in [0.1, 0.15) is 17.2 Å². The number of carboxylic acids is 1. The number of halogens is 3. The van der Waals surface area contributed by atoms with Gasteiger partial charge in [0, 0.05) is 42.5 Å². The van der Waals surface area contributed by atoms with Crippen molar-refractivity contribution in [1.29, 1.82) is 0 Å². The summed E-state index contributed by atoms with van der Waals surface area (Å²) in [5.41, 5.74) is 4.99. The molecule has 0 amide bonds. The fourth-order valence-electron chi connectivity index (χ4n) is 4.28. The highest BCUT2D eigenvalue weighted by Crippen LogP contribution is 2.36. The lowest BCUT2D eigenvalue weighted by atomic mass is 9.99. The van der Waals surface area contributed by atoms with Crippen LogP contribution in [-0.2, 0) is 0 Å². The van der Waals surface area contributed by atoms with E-state index in [9.17, 15) is 23.5 Å². The maximum absolute atomic E-state index is 15.4. The van der Waals surface area contributed by atoms with E-state index in [1.54, 1.807) is 11.8 Å². The molecule has 4 rings (SSSR count). The van der Waals surface area contributed by atoms with Gasteiger partial charge in [0.15, 0.2) is 5.82 Å². The summed E-state index contributed by atoms with van der Waals surface area (Å²) in [6.45, 7) is 3.88. The molecule has 0 bridgehead atoms. The molecule has 1 fully saturated rings. The molecule has 1 atom stereocenters. The number of aryl methyl sites for hydroxylation is 2. The van der Waals surface area contributed by atoms with Crippen LogP contribution in [0, 0.1) is 31.3 Å². The third-order valence-electron chi connectivity index (χ3n) is 5.77. The maximum atomic E-state index is 15.4. The molecule has 1 aliphatic heterocycles. The second-order valence-electron chi connectivity index (χ2n) is 7.77. The monoisotopic (exact) mass is 431 g/mol. The number of nitrogens with two attached hydrogens (primary N) is 1. The predicted molar refractivity (Wildman–Crippen MR) is 111 cm³/mol. The SMILES string of the molecule is Cc1c(F)c(N2CCC(N)C2)c(C)c2c1c(=O)c(C(=O)O)cn2-c1ccc(F)cc1F. The third kappa shape index (κ3) is 3.25. The Balaban J connectivity index is 2.18. The molecular formula is C22H20F3N3O3. The van der Waals surface area contributed by atoms with E-state index in [1.165, 1.54) is 11.5 Å². The van der Waals surface area contributed by atoms with Crippen LogP contribution in [0.25, 0.3) is 16.6 Å². The number of anilines is 1. The van der Waals surface area contributed by atoms with E-state index in [0.717, 1.165) is 18.3 Å². The van der Waals surface area contributed by atoms with Crippen LogP contribution in [0.5, 0.6) is 0 Å². The van der Waals surface area contributed by atoms with Gasteiger partial charge in [-0.3, -0.25) is 4.79 Å². The average molecular weight is 431 g/mol. The van der Waals surface area contributed by atoms with Gasteiger partial charge in [-0.25, -0.2) is 18.0 Å². The zero-order valence-corrected chi connectivity index (χ0v) is 16.9. The van der Waals surface area contributed by atoms with Crippen molar-refractivity contribution in [2.24, 2.45) is 5.73 Å². The molecule has 9 heteroatoms. The fraction of sp³-hybridized carbons (Fsp3) is 0.273. The molecule has 2 aromatic carbocycles. The Hall–Kier alpha value is -3.33. The number of carboxylic acid groups (broad SMARTS) is 1. The second kappa shape index (κ2) is 7.42. The number of nitrogens with zero attached hydrogens (tertiary/aromatic N) is 2. The van der Waals surface area contributed by atoms with Crippen LogP contribution in [0.15, 0.2) is 29.2 Å². The number of hydrogen-bond donors (Lipinski definition) is 2. The Morgan fingerprint density at radius 2 is 1.90 bits per heavy atom. The van der Waals surface area contributed by atoms with Crippen LogP contribution in [0.4, 0.5) is 18.9 Å². The molecule has 6 nitrogen and oxygen atoms in total. The largest absolute Gasteiger partial charge is 0.477 e. The molecule has 162 valence electrons. The third-order valence-corrected chi connectivity index (χ3v) is 5.77. The maximum Gasteiger partial charge on any atom is 0.341 e. The van der Waals surface area contributed by atoms with Crippen molar-refractivity contribution in [2.45, 2.75) is 26.3 Å². The Labute approximate surface area is 175 Å². The van der Waals surface area contributed by atoms with Gasteiger partial charge in [-0.15, -0.1) is 0 Å². The summed E-state index contributed by atoms with van der Waals surface area (Å²) in [6, 6.07) is 2.69. The van der Waals surface area contributed by atoms with E-state index >= 15 is 4.39 Å². The summed E-state index contributed by atoms with van der Waals surface area (Å²) in [5, 5.41) is 9.35. The number of benzene rings is 2. The minimum Gasteiger partial charge on any atom is -0.477 e. The Morgan fingerprint density at radius 3 is 2.48 bits per heavy atom. The van der Waals surface area contributed by atoms with E-state index in [0.29, 0.717) is 31.1 Å². The first kappa shape index (κ1) is 20.9. The first-order valence-electron chi connectivity index (χ1n) is 9.69. The molecule has 1 saturated heterocycles. The molecule has 31 heavy (non-hydrogen) atoms. The molecule has 3 N–H and O–H groups in total. The highest BCUT2D eigenvalue weighted by molar-refractivity contribution is 5.97. The van der Waals surface area contributed by atoms with E-state index in [4.69, 9.17) is 5.73 Å². The Bertz CT molecular complexity index is 1300. The molecule has 0 aliphatic carbocycles. The van der Waals surface area contributed by atoms with E-state index in [1.807, 2.05) is 0 Å². The standard InChI is InChI=1S/C22H20F3N3O3/c1-10-17-19(11(2)20(18(10)25)27-6-5-13(26)8-27)28(9-14(21(17)29)22(30)31)16-4-3-12(23)7-15(16)24/h3-4,7,9,13H,5-6,8,26H2,1-2H3,(H,30,31). The zero-order chi connectivity index (χ0) is 22.6. The molecular weight excluding hydrogens is 411 g/mol. The van der Waals surface area contributed by atoms with Crippen molar-refractivity contribution in [1.82, 2.24) is 4.57 Å². The minimum atomic E-state index is -1.53. The lowest BCUT2D eigenvalue weighted by molar-refractivity contribution is 0.0695. The van der Waals surface area contributed by atoms with Crippen LogP contribution in [0.3, 0.4) is 0 Å². The first-order valence-corrected chi connectivity index (χ1v) is 9.69. The Kier molecular flexibility index (Phi) is 5.01. The van der Waals surface area contributed by atoms with E-state index in [-0.39, 0.29) is 33.9 Å². The predicted octanol–water partition coefficient (Wildman–Crippen LogP) is 3.26. The van der Waals surface area contributed by atoms with Crippen LogP contribution in [0.2, 0.25) is 0 Å². The number of pyridine rings is 1. The lowest BCUT2D eigenvalue weighted by Gasteiger charge is -2.25. The second-order valence-corrected chi connectivity index (χ2v) is 7.77. The number of fused-ring (bicyclic) bond motifs is 1. The molecule has 0 spiro atoms. The van der Waals surface area contributed by atoms with Crippen LogP contribution in [0.1, 0.15) is 27.9 Å². The molecule has 0 saturated carbocycles. The summed E-state index contributed by atoms with van der Waals surface area (Å²) in [4.78, 5) is 26.4. The molecule has 0 radical (unpaired) electrons. The number of rotatable bonds is 3. The highest BCUT2D eigenvalue weighted by Gasteiger charge is 2.29. The van der Waals surface area contributed by atoms with Gasteiger partial charge in [0.05, 0.1) is 22.3 Å². The first-order chi connectivity index (χ1) is 14.6. The fourth-order valence-corrected chi connectivity index (χ4v) is 4.28. The van der Waals surface area contributed by atoms with Gasteiger partial charge < -0.3 is 20.3 Å². The molecule has 1 aliphatic rings. The molecule has 1 unspecified atom stereocenters. The summed E-state index contributed by atoms with van der Waals surface area (Å²) in [5.74, 6) is -3.94. The van der Waals surface area contributed by atoms with Gasteiger partial charge in [-0.2, -0.15) is 0 Å². The Morgan fingerprint density at radius 1 is 1.19 bits per heavy atom. The average Bonchev–Trinajstić information content (AvgIpc) is 3.12. The van der Waals surface area contributed by atoms with Crippen molar-refractivity contribution in [3.05, 3.63) is 68.8 Å². The van der Waals surface area contributed by atoms with Gasteiger partial charge in [0.2, 0.25) is 5.43 Å². The van der Waals surface area contributed by atoms with Crippen molar-refractivity contribution in [3.8, 4) is 5.69 Å². The number of aromatic carboxylic acids is 1. The van der Waals surface area contributed by atoms with E-state index in [2.05, 4.69) is 0 Å². The van der Waals surface area contributed by atoms with E-state index < -0.39 is 34.4 Å². The summed E-state index contributed by atoms with van der Waals surface area (Å²) < 4.78 is 44.8. The summed E-state index contributed by atoms with van der Waals surface area (Å²) in [7, 11) is 0. The quantitative estimate of drug-likeness (QED) is 0.665. The topological polar surface area (TPSA) is 88.6 Å². The minimum absolute atomic E-state index is 0.0413. The van der Waals surface area contributed by atoms with Crippen LogP contribution < -0.4 is 16.1 Å². The molecule has 3 aromatic rings. The normalized spacial score (nSPS) is 16.3. The number of aromatic nitrogens is 1. The van der Waals surface area contributed by atoms with Crippen molar-refractivity contribution >= 4 is 22.6 Å². The van der Waals surface area contributed by atoms with Gasteiger partial charge in [-0.05, 0) is 32.4 Å². The number of carbonyl (C=O) groups is 1. The van der Waals surface area contributed by atoms with Crippen molar-refractivity contribution < 1.29 is 23.1 Å². The van der Waals surface area contributed by atoms with Crippen molar-refractivity contribution in [3.63, 3.8) is 0 Å². The zero-order valence-electron chi connectivity index (χ0n) is 16.9. The van der Waals surface area contributed by atoms with Crippen LogP contribution >= 0.6 is 0 Å². The summed E-state index contributed by atoms with van der Waals surface area (Å²) >= 11 is 0. The van der Waals surface area contributed by atoms with Gasteiger partial charge in [-0.1, -0.05) is 0 Å². The van der Waals surface area contributed by atoms with Crippen molar-refractivity contribution in [2.75, 3.05) is 18.0 Å². The molecule has 2 heterocycles. The van der Waals surface area contributed by atoms with Gasteiger partial charge in [0.25, 0.3) is 0 Å². The van der Waals surface area contributed by atoms with Crippen LogP contribution in [-0.4, -0.2) is 34.8 Å². The highest BCUT2D eigenvalue weighted by atomic mass is 19.1. The molecule has 1 aromatic heterocycles. The summed E-state index contributed by atoms with van der Waals surface area (Å²) in [6.07, 6.45) is 1.65. The smallest absolute Gasteiger partial charge is 0.341 e. The lowest BCUT2D eigenvalue weighted by Crippen LogP contribution is -2.28.